The Balaban J connectivity index is 1.09. The third-order valence-corrected chi connectivity index (χ3v) is 7.66. The van der Waals surface area contributed by atoms with E-state index in [4.69, 9.17) is 0 Å². The second kappa shape index (κ2) is 9.32. The molecular weight excluding hydrogens is 404 g/mol. The maximum Gasteiger partial charge on any atom is 0.255 e. The van der Waals surface area contributed by atoms with Crippen molar-refractivity contribution in [3.05, 3.63) is 34.9 Å². The molecule has 0 bridgehead atoms. The molecule has 0 spiro atoms. The van der Waals surface area contributed by atoms with Crippen LogP contribution in [0.15, 0.2) is 18.2 Å². The lowest BCUT2D eigenvalue weighted by atomic mass is 9.88. The van der Waals surface area contributed by atoms with Crippen LogP contribution < -0.4 is 10.6 Å². The van der Waals surface area contributed by atoms with Crippen molar-refractivity contribution in [1.82, 2.24) is 20.4 Å². The minimum atomic E-state index is -0.545. The van der Waals surface area contributed by atoms with Crippen molar-refractivity contribution >= 4 is 17.7 Å². The number of rotatable bonds is 7. The number of nitrogens with zero attached hydrogens (tertiary/aromatic N) is 2. The number of nitrogens with one attached hydrogen (secondary N) is 2. The first-order chi connectivity index (χ1) is 15.6. The van der Waals surface area contributed by atoms with Crippen LogP contribution in [0.2, 0.25) is 0 Å². The van der Waals surface area contributed by atoms with Crippen molar-refractivity contribution in [2.45, 2.75) is 64.1 Å². The van der Waals surface area contributed by atoms with E-state index in [9.17, 15) is 14.4 Å². The summed E-state index contributed by atoms with van der Waals surface area (Å²) >= 11 is 0. The SMILES string of the molecule is O=C1CCC(N2Cc3ccc(CN4CC(CCCC5CCCNC5)C4)cc3C2=O)C(=O)N1. The van der Waals surface area contributed by atoms with Gasteiger partial charge in [0.2, 0.25) is 11.8 Å². The average molecular weight is 439 g/mol. The highest BCUT2D eigenvalue weighted by atomic mass is 16.2. The van der Waals surface area contributed by atoms with Gasteiger partial charge in [-0.2, -0.15) is 0 Å². The van der Waals surface area contributed by atoms with Gasteiger partial charge in [-0.25, -0.2) is 0 Å². The number of amides is 3. The summed E-state index contributed by atoms with van der Waals surface area (Å²) in [4.78, 5) is 40.7. The van der Waals surface area contributed by atoms with Crippen LogP contribution in [0, 0.1) is 11.8 Å². The van der Waals surface area contributed by atoms with E-state index in [0.717, 1.165) is 42.6 Å². The number of likely N-dealkylation sites (tertiary alicyclic amines) is 1. The van der Waals surface area contributed by atoms with Gasteiger partial charge >= 0.3 is 0 Å². The largest absolute Gasteiger partial charge is 0.322 e. The molecule has 4 aliphatic heterocycles. The van der Waals surface area contributed by atoms with Crippen molar-refractivity contribution in [2.24, 2.45) is 11.8 Å². The number of carbonyl (C=O) groups excluding carboxylic acids is 3. The first-order valence-electron chi connectivity index (χ1n) is 12.3. The molecule has 0 aliphatic carbocycles. The lowest BCUT2D eigenvalue weighted by molar-refractivity contribution is -0.136. The summed E-state index contributed by atoms with van der Waals surface area (Å²) in [5, 5.41) is 5.87. The maximum absolute atomic E-state index is 13.0. The average Bonchev–Trinajstić information content (AvgIpc) is 3.08. The lowest BCUT2D eigenvalue weighted by Gasteiger charge is -2.39. The molecule has 172 valence electrons. The zero-order chi connectivity index (χ0) is 22.1. The molecule has 4 aliphatic rings. The van der Waals surface area contributed by atoms with E-state index in [1.807, 2.05) is 12.1 Å². The number of fused-ring (bicyclic) bond motifs is 1. The van der Waals surface area contributed by atoms with Gasteiger partial charge in [-0.1, -0.05) is 18.6 Å². The predicted molar refractivity (Wildman–Crippen MR) is 121 cm³/mol. The Morgan fingerprint density at radius 2 is 1.88 bits per heavy atom. The van der Waals surface area contributed by atoms with Gasteiger partial charge in [0.05, 0.1) is 0 Å². The zero-order valence-corrected chi connectivity index (χ0v) is 18.8. The Hall–Kier alpha value is -2.25. The van der Waals surface area contributed by atoms with Crippen LogP contribution in [-0.4, -0.2) is 59.7 Å². The number of piperidine rings is 2. The van der Waals surface area contributed by atoms with Crippen molar-refractivity contribution < 1.29 is 14.4 Å². The van der Waals surface area contributed by atoms with E-state index >= 15 is 0 Å². The van der Waals surface area contributed by atoms with E-state index in [1.165, 1.54) is 45.2 Å². The summed E-state index contributed by atoms with van der Waals surface area (Å²) in [6, 6.07) is 5.61. The Morgan fingerprint density at radius 1 is 1.03 bits per heavy atom. The van der Waals surface area contributed by atoms with Gasteiger partial charge in [-0.15, -0.1) is 0 Å². The van der Waals surface area contributed by atoms with Gasteiger partial charge in [0.1, 0.15) is 6.04 Å². The fourth-order valence-electron chi connectivity index (χ4n) is 5.81. The van der Waals surface area contributed by atoms with E-state index in [0.29, 0.717) is 18.5 Å². The van der Waals surface area contributed by atoms with Crippen molar-refractivity contribution in [3.8, 4) is 0 Å². The van der Waals surface area contributed by atoms with Gasteiger partial charge in [-0.3, -0.25) is 24.6 Å². The lowest BCUT2D eigenvalue weighted by Crippen LogP contribution is -2.52. The summed E-state index contributed by atoms with van der Waals surface area (Å²) in [6.07, 6.45) is 7.45. The topological polar surface area (TPSA) is 81.8 Å². The summed E-state index contributed by atoms with van der Waals surface area (Å²) in [5.74, 6) is 0.995. The van der Waals surface area contributed by atoms with E-state index in [2.05, 4.69) is 21.6 Å². The molecule has 7 heteroatoms. The first kappa shape index (κ1) is 21.6. The van der Waals surface area contributed by atoms with Crippen LogP contribution in [0.3, 0.4) is 0 Å². The van der Waals surface area contributed by atoms with Crippen LogP contribution >= 0.6 is 0 Å². The molecule has 4 heterocycles. The van der Waals surface area contributed by atoms with Crippen LogP contribution in [0.4, 0.5) is 0 Å². The van der Waals surface area contributed by atoms with Gasteiger partial charge in [0, 0.05) is 38.2 Å². The van der Waals surface area contributed by atoms with Crippen LogP contribution in [-0.2, 0) is 22.7 Å². The van der Waals surface area contributed by atoms with E-state index in [1.54, 1.807) is 4.90 Å². The third kappa shape index (κ3) is 4.59. The highest BCUT2D eigenvalue weighted by Gasteiger charge is 2.39. The molecule has 2 N–H and O–H groups in total. The van der Waals surface area contributed by atoms with E-state index < -0.39 is 6.04 Å². The molecular formula is C25H34N4O3. The number of hydrogen-bond acceptors (Lipinski definition) is 5. The van der Waals surface area contributed by atoms with Crippen molar-refractivity contribution in [3.63, 3.8) is 0 Å². The molecule has 0 saturated carbocycles. The quantitative estimate of drug-likeness (QED) is 0.637. The molecule has 7 nitrogen and oxygen atoms in total. The molecule has 3 saturated heterocycles. The molecule has 2 atom stereocenters. The number of benzene rings is 1. The Labute approximate surface area is 189 Å². The summed E-state index contributed by atoms with van der Waals surface area (Å²) in [6.45, 7) is 6.02. The smallest absolute Gasteiger partial charge is 0.255 e. The Morgan fingerprint density at radius 3 is 2.66 bits per heavy atom. The number of hydrogen-bond donors (Lipinski definition) is 2. The van der Waals surface area contributed by atoms with Crippen LogP contribution in [0.1, 0.15) is 66.4 Å². The van der Waals surface area contributed by atoms with Gasteiger partial charge in [-0.05, 0) is 74.2 Å². The molecule has 2 unspecified atom stereocenters. The maximum atomic E-state index is 13.0. The van der Waals surface area contributed by atoms with Gasteiger partial charge < -0.3 is 10.2 Å². The first-order valence-corrected chi connectivity index (χ1v) is 12.3. The Kier molecular flexibility index (Phi) is 6.28. The standard InChI is InChI=1S/C25H34N4O3/c30-23-9-8-22(24(31)27-23)29-16-20-7-6-18(11-21(20)25(29)32)13-28-14-19(15-28)4-1-3-17-5-2-10-26-12-17/h6-7,11,17,19,22,26H,1-5,8-10,12-16H2,(H,27,30,31). The second-order valence-corrected chi connectivity index (χ2v) is 10.1. The highest BCUT2D eigenvalue weighted by molar-refractivity contribution is 6.05. The molecule has 1 aromatic carbocycles. The van der Waals surface area contributed by atoms with Gasteiger partial charge in [0.25, 0.3) is 5.91 Å². The third-order valence-electron chi connectivity index (χ3n) is 7.66. The Bertz CT molecular complexity index is 889. The predicted octanol–water partition coefficient (Wildman–Crippen LogP) is 2.05. The minimum Gasteiger partial charge on any atom is -0.322 e. The normalized spacial score (nSPS) is 26.8. The molecule has 0 aromatic heterocycles. The summed E-state index contributed by atoms with van der Waals surface area (Å²) in [7, 11) is 0. The number of carbonyl (C=O) groups is 3. The fourth-order valence-corrected chi connectivity index (χ4v) is 5.81. The molecule has 1 aromatic rings. The molecule has 3 amide bonds. The van der Waals surface area contributed by atoms with Crippen LogP contribution in [0.25, 0.3) is 0 Å². The van der Waals surface area contributed by atoms with Gasteiger partial charge in [0.15, 0.2) is 0 Å². The number of imide groups is 1. The minimum absolute atomic E-state index is 0.0879. The summed E-state index contributed by atoms with van der Waals surface area (Å²) in [5.41, 5.74) is 2.85. The van der Waals surface area contributed by atoms with Crippen LogP contribution in [0.5, 0.6) is 0 Å². The highest BCUT2D eigenvalue weighted by Crippen LogP contribution is 2.30. The monoisotopic (exact) mass is 438 g/mol. The second-order valence-electron chi connectivity index (χ2n) is 10.1. The fraction of sp³-hybridized carbons (Fsp3) is 0.640. The summed E-state index contributed by atoms with van der Waals surface area (Å²) < 4.78 is 0. The molecule has 0 radical (unpaired) electrons. The molecule has 3 fully saturated rings. The van der Waals surface area contributed by atoms with Crippen molar-refractivity contribution in [2.75, 3.05) is 26.2 Å². The van der Waals surface area contributed by atoms with E-state index in [-0.39, 0.29) is 24.1 Å². The molecule has 5 rings (SSSR count). The zero-order valence-electron chi connectivity index (χ0n) is 18.8. The molecule has 32 heavy (non-hydrogen) atoms. The van der Waals surface area contributed by atoms with Crippen molar-refractivity contribution in [1.29, 1.82) is 0 Å².